The summed E-state index contributed by atoms with van der Waals surface area (Å²) in [5, 5.41) is 17.4. The maximum absolute atomic E-state index is 12.2. The molecule has 9 nitrogen and oxygen atoms in total. The molecule has 0 saturated carbocycles. The molecular weight excluding hydrogens is 270 g/mol. The molecule has 20 heavy (non-hydrogen) atoms. The zero-order valence-electron chi connectivity index (χ0n) is 10.8. The van der Waals surface area contributed by atoms with E-state index < -0.39 is 43.0 Å². The molecule has 0 spiro atoms. The number of carbonyl (C=O) groups excluding carboxylic acids is 2. The van der Waals surface area contributed by atoms with Gasteiger partial charge in [-0.25, -0.2) is 4.79 Å². The molecule has 0 aromatic carbocycles. The summed E-state index contributed by atoms with van der Waals surface area (Å²) in [5.74, 6) is -3.33. The number of carboxylic acids is 2. The molecule has 3 amide bonds. The number of urea groups is 1. The summed E-state index contributed by atoms with van der Waals surface area (Å²) >= 11 is 0. The van der Waals surface area contributed by atoms with E-state index in [0.29, 0.717) is 17.7 Å². The summed E-state index contributed by atoms with van der Waals surface area (Å²) in [5.41, 5.74) is 5.21. The van der Waals surface area contributed by atoms with Gasteiger partial charge in [0, 0.05) is 6.54 Å². The highest BCUT2D eigenvalue weighted by atomic mass is 16.4. The van der Waals surface area contributed by atoms with Crippen LogP contribution < -0.4 is 5.73 Å². The number of piperidine rings is 1. The van der Waals surface area contributed by atoms with Crippen LogP contribution in [0.4, 0.5) is 4.79 Å². The molecule has 0 bridgehead atoms. The minimum Gasteiger partial charge on any atom is -0.480 e. The number of nitrogens with two attached hydrogens (primary N) is 1. The lowest BCUT2D eigenvalue weighted by Gasteiger charge is -2.36. The third kappa shape index (κ3) is 4.11. The van der Waals surface area contributed by atoms with Crippen LogP contribution in [-0.2, 0) is 14.4 Å². The summed E-state index contributed by atoms with van der Waals surface area (Å²) < 4.78 is 0. The Bertz CT molecular complexity index is 408. The van der Waals surface area contributed by atoms with Crippen molar-refractivity contribution in [1.29, 1.82) is 0 Å². The first kappa shape index (κ1) is 15.7. The third-order valence-corrected chi connectivity index (χ3v) is 3.00. The third-order valence-electron chi connectivity index (χ3n) is 3.00. The Balaban J connectivity index is 2.87. The molecule has 1 atom stereocenters. The van der Waals surface area contributed by atoms with E-state index in [1.165, 1.54) is 0 Å². The Kier molecular flexibility index (Phi) is 5.30. The molecule has 0 aromatic rings. The summed E-state index contributed by atoms with van der Waals surface area (Å²) in [7, 11) is 0. The number of carbonyl (C=O) groups is 4. The number of carboxylic acid groups (broad SMARTS) is 2. The molecule has 112 valence electrons. The van der Waals surface area contributed by atoms with Crippen LogP contribution in [0.5, 0.6) is 0 Å². The normalized spacial score (nSPS) is 18.4. The molecule has 1 fully saturated rings. The van der Waals surface area contributed by atoms with Crippen molar-refractivity contribution >= 4 is 23.9 Å². The second kappa shape index (κ2) is 6.73. The van der Waals surface area contributed by atoms with Crippen molar-refractivity contribution in [2.75, 3.05) is 19.6 Å². The number of rotatable bonds is 5. The number of nitrogens with zero attached hydrogens (tertiary/aromatic N) is 2. The Morgan fingerprint density at radius 3 is 2.10 bits per heavy atom. The highest BCUT2D eigenvalue weighted by Crippen LogP contribution is 2.18. The highest BCUT2D eigenvalue weighted by molar-refractivity contribution is 5.89. The second-order valence-corrected chi connectivity index (χ2v) is 4.53. The van der Waals surface area contributed by atoms with Crippen molar-refractivity contribution in [1.82, 2.24) is 9.80 Å². The van der Waals surface area contributed by atoms with Crippen molar-refractivity contribution in [2.24, 2.45) is 5.73 Å². The van der Waals surface area contributed by atoms with Gasteiger partial charge in [-0.1, -0.05) is 0 Å². The Hall–Kier alpha value is -2.32. The van der Waals surface area contributed by atoms with Gasteiger partial charge in [0.2, 0.25) is 5.91 Å². The maximum Gasteiger partial charge on any atom is 0.323 e. The van der Waals surface area contributed by atoms with Gasteiger partial charge in [0.1, 0.15) is 19.1 Å². The van der Waals surface area contributed by atoms with Gasteiger partial charge in [0.15, 0.2) is 0 Å². The molecule has 0 aromatic heterocycles. The summed E-state index contributed by atoms with van der Waals surface area (Å²) in [6.07, 6.45) is 1.79. The number of aliphatic carboxylic acids is 2. The van der Waals surface area contributed by atoms with Crippen LogP contribution in [0, 0.1) is 0 Å². The summed E-state index contributed by atoms with van der Waals surface area (Å²) in [6, 6.07) is -1.61. The standard InChI is InChI=1S/C11H17N3O6/c12-10(19)7-3-1-2-4-14(7)11(20)13(5-8(15)16)6-9(17)18/h7H,1-6H2,(H2,12,19)(H,15,16)(H,17,18). The second-order valence-electron chi connectivity index (χ2n) is 4.53. The molecule has 9 heteroatoms. The van der Waals surface area contributed by atoms with E-state index in [-0.39, 0.29) is 6.54 Å². The Morgan fingerprint density at radius 1 is 1.10 bits per heavy atom. The zero-order chi connectivity index (χ0) is 15.3. The molecule has 1 saturated heterocycles. The number of primary amides is 1. The fourth-order valence-corrected chi connectivity index (χ4v) is 2.16. The molecule has 1 heterocycles. The van der Waals surface area contributed by atoms with Crippen LogP contribution >= 0.6 is 0 Å². The minimum atomic E-state index is -1.33. The van der Waals surface area contributed by atoms with Crippen LogP contribution in [0.3, 0.4) is 0 Å². The lowest BCUT2D eigenvalue weighted by molar-refractivity contribution is -0.140. The first-order valence-corrected chi connectivity index (χ1v) is 6.11. The predicted molar refractivity (Wildman–Crippen MR) is 65.8 cm³/mol. The zero-order valence-corrected chi connectivity index (χ0v) is 10.8. The van der Waals surface area contributed by atoms with Crippen LogP contribution in [0.25, 0.3) is 0 Å². The molecule has 0 radical (unpaired) electrons. The van der Waals surface area contributed by atoms with E-state index in [4.69, 9.17) is 15.9 Å². The molecule has 1 aliphatic heterocycles. The monoisotopic (exact) mass is 287 g/mol. The van der Waals surface area contributed by atoms with Crippen LogP contribution in [-0.4, -0.2) is 69.6 Å². The Morgan fingerprint density at radius 2 is 1.65 bits per heavy atom. The van der Waals surface area contributed by atoms with Crippen LogP contribution in [0.15, 0.2) is 0 Å². The largest absolute Gasteiger partial charge is 0.480 e. The smallest absolute Gasteiger partial charge is 0.323 e. The molecule has 1 rings (SSSR count). The lowest BCUT2D eigenvalue weighted by Crippen LogP contribution is -2.56. The van der Waals surface area contributed by atoms with Crippen molar-refractivity contribution in [2.45, 2.75) is 25.3 Å². The topological polar surface area (TPSA) is 141 Å². The molecular formula is C11H17N3O6. The van der Waals surface area contributed by atoms with E-state index in [1.54, 1.807) is 0 Å². The summed E-state index contributed by atoms with van der Waals surface area (Å²) in [6.45, 7) is -1.23. The first-order chi connectivity index (χ1) is 9.32. The van der Waals surface area contributed by atoms with Gasteiger partial charge in [-0.15, -0.1) is 0 Å². The van der Waals surface area contributed by atoms with Crippen LogP contribution in [0.2, 0.25) is 0 Å². The van der Waals surface area contributed by atoms with Crippen molar-refractivity contribution in [3.8, 4) is 0 Å². The SMILES string of the molecule is NC(=O)C1CCCCN1C(=O)N(CC(=O)O)CC(=O)O. The average molecular weight is 287 g/mol. The van der Waals surface area contributed by atoms with E-state index in [0.717, 1.165) is 11.3 Å². The van der Waals surface area contributed by atoms with Crippen molar-refractivity contribution in [3.05, 3.63) is 0 Å². The Labute approximate surface area is 114 Å². The van der Waals surface area contributed by atoms with E-state index in [2.05, 4.69) is 0 Å². The van der Waals surface area contributed by atoms with Crippen molar-refractivity contribution < 1.29 is 29.4 Å². The molecule has 1 aliphatic rings. The predicted octanol–water partition coefficient (Wildman–Crippen LogP) is -1.08. The van der Waals surface area contributed by atoms with Gasteiger partial charge < -0.3 is 25.7 Å². The van der Waals surface area contributed by atoms with Gasteiger partial charge in [0.25, 0.3) is 0 Å². The number of likely N-dealkylation sites (tertiary alicyclic amines) is 1. The first-order valence-electron chi connectivity index (χ1n) is 6.11. The average Bonchev–Trinajstić information content (AvgIpc) is 2.36. The maximum atomic E-state index is 12.2. The molecule has 4 N–H and O–H groups in total. The fraction of sp³-hybridized carbons (Fsp3) is 0.636. The number of hydrogen-bond acceptors (Lipinski definition) is 4. The van der Waals surface area contributed by atoms with Gasteiger partial charge in [-0.2, -0.15) is 0 Å². The summed E-state index contributed by atoms with van der Waals surface area (Å²) in [4.78, 5) is 46.7. The highest BCUT2D eigenvalue weighted by Gasteiger charge is 2.34. The van der Waals surface area contributed by atoms with E-state index >= 15 is 0 Å². The minimum absolute atomic E-state index is 0.252. The molecule has 1 unspecified atom stereocenters. The number of hydrogen-bond donors (Lipinski definition) is 3. The van der Waals surface area contributed by atoms with Crippen LogP contribution in [0.1, 0.15) is 19.3 Å². The lowest BCUT2D eigenvalue weighted by atomic mass is 10.0. The van der Waals surface area contributed by atoms with E-state index in [9.17, 15) is 19.2 Å². The van der Waals surface area contributed by atoms with Crippen molar-refractivity contribution in [3.63, 3.8) is 0 Å². The van der Waals surface area contributed by atoms with Gasteiger partial charge >= 0.3 is 18.0 Å². The van der Waals surface area contributed by atoms with E-state index in [1.807, 2.05) is 0 Å². The van der Waals surface area contributed by atoms with Gasteiger partial charge in [-0.3, -0.25) is 14.4 Å². The number of amides is 3. The van der Waals surface area contributed by atoms with Gasteiger partial charge in [-0.05, 0) is 19.3 Å². The fourth-order valence-electron chi connectivity index (χ4n) is 2.16. The molecule has 0 aliphatic carbocycles. The quantitative estimate of drug-likeness (QED) is 0.587. The van der Waals surface area contributed by atoms with Gasteiger partial charge in [0.05, 0.1) is 0 Å².